The van der Waals surface area contributed by atoms with Gasteiger partial charge in [0.05, 0.1) is 0 Å². The summed E-state index contributed by atoms with van der Waals surface area (Å²) < 4.78 is 17.6. The normalized spacial score (nSPS) is 16.1. The zero-order valence-corrected chi connectivity index (χ0v) is 17.4. The van der Waals surface area contributed by atoms with Crippen LogP contribution in [0.1, 0.15) is 24.0 Å². The van der Waals surface area contributed by atoms with Gasteiger partial charge in [-0.2, -0.15) is 0 Å². The summed E-state index contributed by atoms with van der Waals surface area (Å²) in [7, 11) is 0. The molecule has 30 heavy (non-hydrogen) atoms. The molecule has 0 radical (unpaired) electrons. The fourth-order valence-electron chi connectivity index (χ4n) is 3.63. The lowest BCUT2D eigenvalue weighted by molar-refractivity contribution is 0.0525. The zero-order valence-electron chi connectivity index (χ0n) is 16.5. The molecule has 3 N–H and O–H groups in total. The van der Waals surface area contributed by atoms with E-state index in [1.807, 2.05) is 48.5 Å². The molecule has 3 heterocycles. The van der Waals surface area contributed by atoms with Crippen LogP contribution in [0.2, 0.25) is 0 Å². The quantitative estimate of drug-likeness (QED) is 0.581. The van der Waals surface area contributed by atoms with Crippen molar-refractivity contribution in [3.63, 3.8) is 0 Å². The van der Waals surface area contributed by atoms with Crippen molar-refractivity contribution in [2.45, 2.75) is 19.1 Å². The second-order valence-corrected chi connectivity index (χ2v) is 8.36. The molecule has 0 bridgehead atoms. The molecule has 1 fully saturated rings. The van der Waals surface area contributed by atoms with Crippen molar-refractivity contribution in [1.29, 1.82) is 0 Å². The number of thiazole rings is 1. The van der Waals surface area contributed by atoms with Crippen molar-refractivity contribution in [2.24, 2.45) is 0 Å². The van der Waals surface area contributed by atoms with Gasteiger partial charge in [0.25, 0.3) is 6.29 Å². The molecule has 3 aromatic rings. The fourth-order valence-corrected chi connectivity index (χ4v) is 4.49. The van der Waals surface area contributed by atoms with Gasteiger partial charge < -0.3 is 25.3 Å². The van der Waals surface area contributed by atoms with E-state index >= 15 is 0 Å². The Morgan fingerprint density at radius 1 is 1.07 bits per heavy atom. The van der Waals surface area contributed by atoms with Crippen LogP contribution in [0.25, 0.3) is 0 Å². The summed E-state index contributed by atoms with van der Waals surface area (Å²) in [6.07, 6.45) is 2.03. The second kappa shape index (κ2) is 8.41. The molecule has 0 spiro atoms. The average molecular weight is 425 g/mol. The molecular formula is C22H24N4O3S. The Hall–Kier alpha value is -2.97. The third-order valence-corrected chi connectivity index (χ3v) is 6.20. The predicted molar refractivity (Wildman–Crippen MR) is 118 cm³/mol. The summed E-state index contributed by atoms with van der Waals surface area (Å²) in [5.74, 6) is 2.70. The summed E-state index contributed by atoms with van der Waals surface area (Å²) in [6, 6.07) is 15.4. The topological polar surface area (TPSA) is 81.9 Å². The van der Waals surface area contributed by atoms with E-state index in [0.717, 1.165) is 22.9 Å². The molecule has 0 amide bonds. The number of benzene rings is 2. The first-order valence-corrected chi connectivity index (χ1v) is 11.0. The van der Waals surface area contributed by atoms with Gasteiger partial charge in [-0.15, -0.1) is 0 Å². The van der Waals surface area contributed by atoms with Gasteiger partial charge in [-0.3, -0.25) is 4.90 Å². The number of para-hydroxylation sites is 2. The molecule has 5 rings (SSSR count). The van der Waals surface area contributed by atoms with E-state index in [1.165, 1.54) is 37.3 Å². The van der Waals surface area contributed by atoms with Crippen LogP contribution in [-0.4, -0.2) is 36.1 Å². The molecule has 0 atom stereocenters. The lowest BCUT2D eigenvalue weighted by Crippen LogP contribution is -2.25. The predicted octanol–water partition coefficient (Wildman–Crippen LogP) is 4.41. The van der Waals surface area contributed by atoms with Crippen LogP contribution in [0.15, 0.2) is 48.5 Å². The van der Waals surface area contributed by atoms with Gasteiger partial charge in [0.1, 0.15) is 23.1 Å². The van der Waals surface area contributed by atoms with Crippen LogP contribution >= 0.6 is 11.3 Å². The highest BCUT2D eigenvalue weighted by molar-refractivity contribution is 7.16. The van der Waals surface area contributed by atoms with Crippen LogP contribution < -0.4 is 25.3 Å². The first-order chi connectivity index (χ1) is 14.7. The van der Waals surface area contributed by atoms with Gasteiger partial charge in [-0.05, 0) is 62.3 Å². The summed E-state index contributed by atoms with van der Waals surface area (Å²) in [6.45, 7) is 4.07. The fraction of sp³-hybridized carbons (Fsp3) is 0.318. The molecule has 7 nitrogen and oxygen atoms in total. The van der Waals surface area contributed by atoms with Gasteiger partial charge in [0.2, 0.25) is 0 Å². The Labute approximate surface area is 179 Å². The number of nitrogens with one attached hydrogen (secondary N) is 1. The molecule has 0 saturated carbocycles. The maximum Gasteiger partial charge on any atom is 0.280 e. The van der Waals surface area contributed by atoms with Crippen LogP contribution in [0.4, 0.5) is 16.6 Å². The number of nitrogen functional groups attached to an aromatic ring is 1. The Bertz CT molecular complexity index is 977. The average Bonchev–Trinajstić information content (AvgIpc) is 3.49. The number of rotatable bonds is 7. The third-order valence-electron chi connectivity index (χ3n) is 5.19. The number of aromatic nitrogens is 1. The van der Waals surface area contributed by atoms with Crippen molar-refractivity contribution >= 4 is 28.0 Å². The highest BCUT2D eigenvalue weighted by Gasteiger charge is 2.29. The number of hydrogen-bond donors (Lipinski definition) is 2. The van der Waals surface area contributed by atoms with Crippen molar-refractivity contribution in [3.8, 4) is 17.2 Å². The monoisotopic (exact) mass is 424 g/mol. The van der Waals surface area contributed by atoms with Gasteiger partial charge in [-0.25, -0.2) is 4.98 Å². The van der Waals surface area contributed by atoms with Crippen LogP contribution in [0.3, 0.4) is 0 Å². The minimum absolute atomic E-state index is 0.405. The number of hydrogen-bond acceptors (Lipinski definition) is 8. The number of fused-ring (bicyclic) bond motifs is 1. The molecule has 1 saturated heterocycles. The van der Waals surface area contributed by atoms with Crippen molar-refractivity contribution in [3.05, 3.63) is 53.4 Å². The van der Waals surface area contributed by atoms with E-state index in [9.17, 15) is 0 Å². The highest BCUT2D eigenvalue weighted by atomic mass is 32.1. The van der Waals surface area contributed by atoms with E-state index in [-0.39, 0.29) is 0 Å². The number of nitrogens with zero attached hydrogens (tertiary/aromatic N) is 2. The molecule has 0 unspecified atom stereocenters. The summed E-state index contributed by atoms with van der Waals surface area (Å²) in [5, 5.41) is 3.98. The smallest absolute Gasteiger partial charge is 0.280 e. The number of nitrogens with two attached hydrogens (primary N) is 1. The molecule has 1 aromatic heterocycles. The Kier molecular flexibility index (Phi) is 5.33. The number of anilines is 3. The standard InChI is InChI=1S/C22H24N4O3S/c23-20-19(21-28-17-5-1-2-6-18(17)29-21)30-22(25-20)24-15-7-9-16(10-8-15)27-14-13-26-11-3-4-12-26/h1-2,5-10,21H,3-4,11-14,23H2,(H,24,25). The lowest BCUT2D eigenvalue weighted by Gasteiger charge is -2.15. The van der Waals surface area contributed by atoms with Crippen molar-refractivity contribution in [1.82, 2.24) is 9.88 Å². The van der Waals surface area contributed by atoms with Gasteiger partial charge in [0.15, 0.2) is 16.6 Å². The van der Waals surface area contributed by atoms with Crippen molar-refractivity contribution < 1.29 is 14.2 Å². The molecule has 8 heteroatoms. The minimum Gasteiger partial charge on any atom is -0.492 e. The van der Waals surface area contributed by atoms with Crippen LogP contribution in [-0.2, 0) is 0 Å². The Morgan fingerprint density at radius 2 is 1.77 bits per heavy atom. The second-order valence-electron chi connectivity index (χ2n) is 7.33. The summed E-state index contributed by atoms with van der Waals surface area (Å²) in [4.78, 5) is 7.60. The third kappa shape index (κ3) is 4.15. The Morgan fingerprint density at radius 3 is 2.47 bits per heavy atom. The maximum atomic E-state index is 6.12. The minimum atomic E-state index is -0.568. The van der Waals surface area contributed by atoms with E-state index in [4.69, 9.17) is 19.9 Å². The molecular weight excluding hydrogens is 400 g/mol. The van der Waals surface area contributed by atoms with E-state index in [1.54, 1.807) is 0 Å². The number of ether oxygens (including phenoxy) is 3. The Balaban J connectivity index is 1.18. The molecule has 2 aliphatic rings. The van der Waals surface area contributed by atoms with Gasteiger partial charge >= 0.3 is 0 Å². The SMILES string of the molecule is Nc1nc(Nc2ccc(OCCN3CCCC3)cc2)sc1C1Oc2ccccc2O1. The van der Waals surface area contributed by atoms with Gasteiger partial charge in [0, 0.05) is 12.2 Å². The van der Waals surface area contributed by atoms with Crippen molar-refractivity contribution in [2.75, 3.05) is 37.3 Å². The van der Waals surface area contributed by atoms with E-state index in [0.29, 0.717) is 29.1 Å². The molecule has 2 aliphatic heterocycles. The lowest BCUT2D eigenvalue weighted by atomic mass is 10.3. The summed E-state index contributed by atoms with van der Waals surface area (Å²) >= 11 is 1.42. The molecule has 156 valence electrons. The highest BCUT2D eigenvalue weighted by Crippen LogP contribution is 2.44. The number of likely N-dealkylation sites (tertiary alicyclic amines) is 1. The molecule has 2 aromatic carbocycles. The van der Waals surface area contributed by atoms with Gasteiger partial charge in [-0.1, -0.05) is 23.5 Å². The summed E-state index contributed by atoms with van der Waals surface area (Å²) in [5.41, 5.74) is 7.03. The van der Waals surface area contributed by atoms with E-state index < -0.39 is 6.29 Å². The first kappa shape index (κ1) is 19.0. The molecule has 0 aliphatic carbocycles. The van der Waals surface area contributed by atoms with Crippen LogP contribution in [0.5, 0.6) is 17.2 Å². The largest absolute Gasteiger partial charge is 0.492 e. The maximum absolute atomic E-state index is 6.12. The van der Waals surface area contributed by atoms with Crippen LogP contribution in [0, 0.1) is 0 Å². The zero-order chi connectivity index (χ0) is 20.3. The van der Waals surface area contributed by atoms with E-state index in [2.05, 4.69) is 15.2 Å². The first-order valence-electron chi connectivity index (χ1n) is 10.2.